The maximum absolute atomic E-state index is 12.7. The number of fused-ring (bicyclic) bond motifs is 1. The Morgan fingerprint density at radius 3 is 2.96 bits per heavy atom. The molecule has 0 saturated carbocycles. The third-order valence-electron chi connectivity index (χ3n) is 4.14. The van der Waals surface area contributed by atoms with Crippen molar-refractivity contribution in [2.45, 2.75) is 12.8 Å². The van der Waals surface area contributed by atoms with Crippen molar-refractivity contribution in [2.75, 3.05) is 23.3 Å². The maximum Gasteiger partial charge on any atom is 0.259 e. The van der Waals surface area contributed by atoms with Crippen LogP contribution in [0.4, 0.5) is 11.5 Å². The van der Waals surface area contributed by atoms with Gasteiger partial charge >= 0.3 is 0 Å². The van der Waals surface area contributed by atoms with E-state index in [1.54, 1.807) is 18.5 Å². The lowest BCUT2D eigenvalue weighted by Crippen LogP contribution is -2.24. The van der Waals surface area contributed by atoms with Crippen LogP contribution in [0.1, 0.15) is 23.2 Å². The number of rotatable bonds is 3. The Morgan fingerprint density at radius 1 is 1.22 bits per heavy atom. The molecule has 1 amide bonds. The van der Waals surface area contributed by atoms with Gasteiger partial charge in [-0.3, -0.25) is 9.89 Å². The number of aromatic amines is 1. The highest BCUT2D eigenvalue weighted by atomic mass is 16.1. The molecular formula is C17H17N5O. The average Bonchev–Trinajstić information content (AvgIpc) is 3.26. The van der Waals surface area contributed by atoms with Crippen molar-refractivity contribution in [3.05, 3.63) is 48.3 Å². The van der Waals surface area contributed by atoms with E-state index in [1.807, 2.05) is 24.3 Å². The molecule has 6 heteroatoms. The number of anilines is 2. The predicted molar refractivity (Wildman–Crippen MR) is 89.7 cm³/mol. The summed E-state index contributed by atoms with van der Waals surface area (Å²) in [6.07, 6.45) is 5.79. The van der Waals surface area contributed by atoms with Gasteiger partial charge in [-0.25, -0.2) is 4.98 Å². The van der Waals surface area contributed by atoms with Crippen molar-refractivity contribution in [1.29, 1.82) is 0 Å². The normalized spacial score (nSPS) is 14.3. The van der Waals surface area contributed by atoms with Crippen LogP contribution in [-0.4, -0.2) is 34.2 Å². The van der Waals surface area contributed by atoms with Crippen LogP contribution in [-0.2, 0) is 0 Å². The molecule has 1 fully saturated rings. The molecular weight excluding hydrogens is 290 g/mol. The second-order valence-corrected chi connectivity index (χ2v) is 5.69. The second-order valence-electron chi connectivity index (χ2n) is 5.69. The number of nitrogens with zero attached hydrogens (tertiary/aromatic N) is 3. The molecule has 3 aromatic rings. The summed E-state index contributed by atoms with van der Waals surface area (Å²) in [6.45, 7) is 1.91. The van der Waals surface area contributed by atoms with Crippen LogP contribution in [0.2, 0.25) is 0 Å². The number of carbonyl (C=O) groups is 1. The molecule has 0 atom stereocenters. The van der Waals surface area contributed by atoms with Crippen LogP contribution < -0.4 is 10.2 Å². The number of pyridine rings is 1. The fourth-order valence-electron chi connectivity index (χ4n) is 2.97. The zero-order chi connectivity index (χ0) is 15.6. The number of hydrogen-bond acceptors (Lipinski definition) is 4. The number of carbonyl (C=O) groups excluding carboxylic acids is 1. The highest BCUT2D eigenvalue weighted by Gasteiger charge is 2.20. The fraction of sp³-hybridized carbons (Fsp3) is 0.235. The van der Waals surface area contributed by atoms with E-state index >= 15 is 0 Å². The Bertz CT molecular complexity index is 851. The van der Waals surface area contributed by atoms with Gasteiger partial charge in [0.1, 0.15) is 5.82 Å². The van der Waals surface area contributed by atoms with Crippen LogP contribution in [0, 0.1) is 0 Å². The molecule has 0 unspecified atom stereocenters. The summed E-state index contributed by atoms with van der Waals surface area (Å²) in [6, 6.07) is 9.31. The van der Waals surface area contributed by atoms with E-state index < -0.39 is 0 Å². The zero-order valence-corrected chi connectivity index (χ0v) is 12.6. The molecule has 1 aliphatic heterocycles. The quantitative estimate of drug-likeness (QED) is 0.780. The van der Waals surface area contributed by atoms with E-state index in [1.165, 1.54) is 0 Å². The van der Waals surface area contributed by atoms with Crippen molar-refractivity contribution < 1.29 is 4.79 Å². The Kier molecular flexibility index (Phi) is 3.42. The van der Waals surface area contributed by atoms with Crippen molar-refractivity contribution in [1.82, 2.24) is 15.2 Å². The van der Waals surface area contributed by atoms with Crippen LogP contribution in [0.5, 0.6) is 0 Å². The minimum absolute atomic E-state index is 0.140. The van der Waals surface area contributed by atoms with Gasteiger partial charge in [-0.2, -0.15) is 5.10 Å². The third-order valence-corrected chi connectivity index (χ3v) is 4.14. The Labute approximate surface area is 133 Å². The summed E-state index contributed by atoms with van der Waals surface area (Å²) in [5, 5.41) is 10.9. The molecule has 0 aliphatic carbocycles. The first-order valence-corrected chi connectivity index (χ1v) is 7.76. The fourth-order valence-corrected chi connectivity index (χ4v) is 2.97. The largest absolute Gasteiger partial charge is 0.356 e. The first-order valence-electron chi connectivity index (χ1n) is 7.76. The lowest BCUT2D eigenvalue weighted by atomic mass is 10.2. The summed E-state index contributed by atoms with van der Waals surface area (Å²) in [7, 11) is 0. The predicted octanol–water partition coefficient (Wildman–Crippen LogP) is 2.81. The van der Waals surface area contributed by atoms with Gasteiger partial charge in [0.05, 0.1) is 17.3 Å². The Morgan fingerprint density at radius 2 is 2.09 bits per heavy atom. The van der Waals surface area contributed by atoms with Gasteiger partial charge in [0.2, 0.25) is 0 Å². The van der Waals surface area contributed by atoms with Crippen LogP contribution in [0.3, 0.4) is 0 Å². The van der Waals surface area contributed by atoms with Crippen molar-refractivity contribution in [2.24, 2.45) is 0 Å². The standard InChI is InChI=1S/C17H17N5O/c23-17(20-13-6-5-12-11-19-21-15(12)10-13)14-4-3-7-18-16(14)22-8-1-2-9-22/h3-7,10-11H,1-2,8-9H2,(H,19,21)(H,20,23). The lowest BCUT2D eigenvalue weighted by molar-refractivity contribution is 0.102. The minimum atomic E-state index is -0.140. The molecule has 0 bridgehead atoms. The number of hydrogen-bond donors (Lipinski definition) is 2. The SMILES string of the molecule is O=C(Nc1ccc2cn[nH]c2c1)c1cccnc1N1CCCC1. The highest BCUT2D eigenvalue weighted by Crippen LogP contribution is 2.23. The molecule has 1 saturated heterocycles. The molecule has 23 heavy (non-hydrogen) atoms. The van der Waals surface area contributed by atoms with Crippen molar-refractivity contribution >= 4 is 28.3 Å². The molecule has 4 rings (SSSR count). The van der Waals surface area contributed by atoms with Gasteiger partial charge in [-0.1, -0.05) is 0 Å². The molecule has 0 radical (unpaired) electrons. The summed E-state index contributed by atoms with van der Waals surface area (Å²) >= 11 is 0. The van der Waals surface area contributed by atoms with E-state index in [0.29, 0.717) is 5.56 Å². The number of nitrogens with one attached hydrogen (secondary N) is 2. The molecule has 2 aromatic heterocycles. The van der Waals surface area contributed by atoms with Crippen molar-refractivity contribution in [3.63, 3.8) is 0 Å². The van der Waals surface area contributed by atoms with Gasteiger partial charge in [0.25, 0.3) is 5.91 Å². The zero-order valence-electron chi connectivity index (χ0n) is 12.6. The van der Waals surface area contributed by atoms with E-state index in [0.717, 1.165) is 48.3 Å². The highest BCUT2D eigenvalue weighted by molar-refractivity contribution is 6.08. The summed E-state index contributed by atoms with van der Waals surface area (Å²) in [4.78, 5) is 19.2. The topological polar surface area (TPSA) is 73.9 Å². The minimum Gasteiger partial charge on any atom is -0.356 e. The second kappa shape index (κ2) is 5.72. The molecule has 1 aromatic carbocycles. The summed E-state index contributed by atoms with van der Waals surface area (Å²) in [5.74, 6) is 0.629. The van der Waals surface area contributed by atoms with Gasteiger partial charge in [0.15, 0.2) is 0 Å². The van der Waals surface area contributed by atoms with Crippen molar-refractivity contribution in [3.8, 4) is 0 Å². The van der Waals surface area contributed by atoms with Crippen LogP contribution in [0.25, 0.3) is 10.9 Å². The van der Waals surface area contributed by atoms with Gasteiger partial charge in [-0.05, 0) is 43.2 Å². The third kappa shape index (κ3) is 2.63. The molecule has 0 spiro atoms. The number of H-pyrrole nitrogens is 1. The Hall–Kier alpha value is -2.89. The monoisotopic (exact) mass is 307 g/mol. The molecule has 116 valence electrons. The summed E-state index contributed by atoms with van der Waals surface area (Å²) in [5.41, 5.74) is 2.25. The maximum atomic E-state index is 12.7. The Balaban J connectivity index is 1.61. The van der Waals surface area contributed by atoms with E-state index in [2.05, 4.69) is 25.4 Å². The number of amides is 1. The first-order chi connectivity index (χ1) is 11.3. The first kappa shape index (κ1) is 13.8. The van der Waals surface area contributed by atoms with E-state index in [4.69, 9.17) is 0 Å². The molecule has 1 aliphatic rings. The van der Waals surface area contributed by atoms with Gasteiger partial charge < -0.3 is 10.2 Å². The van der Waals surface area contributed by atoms with Gasteiger partial charge in [-0.15, -0.1) is 0 Å². The van der Waals surface area contributed by atoms with Gasteiger partial charge in [0, 0.05) is 30.4 Å². The van der Waals surface area contributed by atoms with Crippen LogP contribution >= 0.6 is 0 Å². The van der Waals surface area contributed by atoms with E-state index in [-0.39, 0.29) is 5.91 Å². The molecule has 2 N–H and O–H groups in total. The lowest BCUT2D eigenvalue weighted by Gasteiger charge is -2.19. The van der Waals surface area contributed by atoms with E-state index in [9.17, 15) is 4.79 Å². The smallest absolute Gasteiger partial charge is 0.259 e. The molecule has 3 heterocycles. The van der Waals surface area contributed by atoms with Crippen LogP contribution in [0.15, 0.2) is 42.7 Å². The summed E-state index contributed by atoms with van der Waals surface area (Å²) < 4.78 is 0. The number of benzene rings is 1. The number of aromatic nitrogens is 3. The average molecular weight is 307 g/mol. The molecule has 6 nitrogen and oxygen atoms in total.